The Morgan fingerprint density at radius 1 is 1.14 bits per heavy atom. The van der Waals surface area contributed by atoms with Gasteiger partial charge in [-0.25, -0.2) is 4.79 Å². The van der Waals surface area contributed by atoms with Crippen LogP contribution in [0.15, 0.2) is 30.3 Å². The van der Waals surface area contributed by atoms with Gasteiger partial charge in [0.15, 0.2) is 0 Å². The van der Waals surface area contributed by atoms with E-state index in [1.165, 1.54) is 12.8 Å². The first-order valence-corrected chi connectivity index (χ1v) is 10.3. The Balaban J connectivity index is 1.29. The smallest absolute Gasteiger partial charge is 0.408 e. The SMILES string of the molecule is O=C(N[C@]1(C(=O)NC2CCN(C3CC3)CC2)CCOC1)OCc1ccccc1. The number of piperidine rings is 1. The standard InChI is InChI=1S/C21H29N3O4/c25-19(22-17-8-11-24(12-9-17)18-6-7-18)21(10-13-27-15-21)23-20(26)28-14-16-4-2-1-3-5-16/h1-5,17-18H,6-15H2,(H,22,25)(H,23,26)/t21-/m1/s1. The maximum atomic E-state index is 13.0. The molecule has 0 aromatic heterocycles. The summed E-state index contributed by atoms with van der Waals surface area (Å²) in [4.78, 5) is 27.8. The minimum atomic E-state index is -1.04. The number of alkyl carbamates (subject to hydrolysis) is 1. The Morgan fingerprint density at radius 2 is 1.89 bits per heavy atom. The summed E-state index contributed by atoms with van der Waals surface area (Å²) in [7, 11) is 0. The molecule has 152 valence electrons. The Morgan fingerprint density at radius 3 is 2.54 bits per heavy atom. The number of carbonyl (C=O) groups excluding carboxylic acids is 2. The number of likely N-dealkylation sites (tertiary alicyclic amines) is 1. The maximum absolute atomic E-state index is 13.0. The van der Waals surface area contributed by atoms with E-state index in [-0.39, 0.29) is 25.2 Å². The quantitative estimate of drug-likeness (QED) is 0.778. The fraction of sp³-hybridized carbons (Fsp3) is 0.619. The van der Waals surface area contributed by atoms with Crippen LogP contribution in [0.3, 0.4) is 0 Å². The van der Waals surface area contributed by atoms with Gasteiger partial charge in [-0.15, -0.1) is 0 Å². The van der Waals surface area contributed by atoms with E-state index in [0.717, 1.165) is 37.5 Å². The summed E-state index contributed by atoms with van der Waals surface area (Å²) in [5, 5.41) is 5.93. The molecule has 2 heterocycles. The highest BCUT2D eigenvalue weighted by Crippen LogP contribution is 2.29. The molecular weight excluding hydrogens is 358 g/mol. The second-order valence-electron chi connectivity index (χ2n) is 8.09. The third-order valence-corrected chi connectivity index (χ3v) is 5.94. The van der Waals surface area contributed by atoms with E-state index in [2.05, 4.69) is 15.5 Å². The number of rotatable bonds is 6. The normalized spacial score (nSPS) is 26.0. The molecule has 3 aliphatic rings. The molecule has 28 heavy (non-hydrogen) atoms. The van der Waals surface area contributed by atoms with Crippen LogP contribution < -0.4 is 10.6 Å². The predicted molar refractivity (Wildman–Crippen MR) is 104 cm³/mol. The number of benzene rings is 1. The molecule has 7 nitrogen and oxygen atoms in total. The van der Waals surface area contributed by atoms with Crippen LogP contribution in [0.2, 0.25) is 0 Å². The Labute approximate surface area is 165 Å². The Hall–Kier alpha value is -2.12. The van der Waals surface area contributed by atoms with Gasteiger partial charge in [-0.1, -0.05) is 30.3 Å². The average molecular weight is 387 g/mol. The van der Waals surface area contributed by atoms with Gasteiger partial charge in [-0.2, -0.15) is 0 Å². The van der Waals surface area contributed by atoms with Crippen LogP contribution in [0.5, 0.6) is 0 Å². The molecule has 0 radical (unpaired) electrons. The van der Waals surface area contributed by atoms with Crippen LogP contribution in [0.1, 0.15) is 37.7 Å². The van der Waals surface area contributed by atoms with Crippen molar-refractivity contribution in [2.45, 2.75) is 56.3 Å². The van der Waals surface area contributed by atoms with Crippen molar-refractivity contribution < 1.29 is 19.1 Å². The second kappa shape index (κ2) is 8.49. The minimum Gasteiger partial charge on any atom is -0.445 e. The molecule has 2 aliphatic heterocycles. The van der Waals surface area contributed by atoms with Gasteiger partial charge in [0.1, 0.15) is 12.1 Å². The zero-order chi connectivity index (χ0) is 19.4. The van der Waals surface area contributed by atoms with Gasteiger partial charge in [-0.05, 0) is 31.2 Å². The lowest BCUT2D eigenvalue weighted by Crippen LogP contribution is -2.61. The summed E-state index contributed by atoms with van der Waals surface area (Å²) in [5.41, 5.74) is -0.136. The number of ether oxygens (including phenoxy) is 2. The summed E-state index contributed by atoms with van der Waals surface area (Å²) < 4.78 is 10.8. The highest BCUT2D eigenvalue weighted by atomic mass is 16.5. The molecule has 2 N–H and O–H groups in total. The summed E-state index contributed by atoms with van der Waals surface area (Å²) >= 11 is 0. The fourth-order valence-electron chi connectivity index (χ4n) is 4.03. The highest BCUT2D eigenvalue weighted by Gasteiger charge is 2.45. The van der Waals surface area contributed by atoms with Crippen molar-refractivity contribution in [3.63, 3.8) is 0 Å². The van der Waals surface area contributed by atoms with Crippen LogP contribution in [-0.2, 0) is 20.9 Å². The highest BCUT2D eigenvalue weighted by molar-refractivity contribution is 5.90. The van der Waals surface area contributed by atoms with Crippen LogP contribution in [0.4, 0.5) is 4.79 Å². The Bertz CT molecular complexity index is 678. The van der Waals surface area contributed by atoms with Gasteiger partial charge in [0.25, 0.3) is 0 Å². The first-order chi connectivity index (χ1) is 13.6. The topological polar surface area (TPSA) is 79.9 Å². The van der Waals surface area contributed by atoms with E-state index in [0.29, 0.717) is 13.0 Å². The van der Waals surface area contributed by atoms with Crippen molar-refractivity contribution in [2.24, 2.45) is 0 Å². The molecule has 1 saturated carbocycles. The molecule has 4 rings (SSSR count). The monoisotopic (exact) mass is 387 g/mol. The van der Waals surface area contributed by atoms with Crippen molar-refractivity contribution in [3.8, 4) is 0 Å². The summed E-state index contributed by atoms with van der Waals surface area (Å²) in [6.07, 6.45) is 4.40. The molecule has 3 fully saturated rings. The molecule has 0 unspecified atom stereocenters. The lowest BCUT2D eigenvalue weighted by atomic mass is 9.95. The number of hydrogen-bond donors (Lipinski definition) is 2. The van der Waals surface area contributed by atoms with E-state index in [4.69, 9.17) is 9.47 Å². The van der Waals surface area contributed by atoms with E-state index < -0.39 is 11.6 Å². The van der Waals surface area contributed by atoms with Crippen LogP contribution in [-0.4, -0.2) is 60.8 Å². The molecule has 1 aromatic rings. The van der Waals surface area contributed by atoms with Crippen molar-refractivity contribution in [1.29, 1.82) is 0 Å². The van der Waals surface area contributed by atoms with Crippen molar-refractivity contribution in [3.05, 3.63) is 35.9 Å². The van der Waals surface area contributed by atoms with E-state index in [9.17, 15) is 9.59 Å². The number of carbonyl (C=O) groups is 2. The molecule has 1 atom stereocenters. The summed E-state index contributed by atoms with van der Waals surface area (Å²) in [6.45, 7) is 2.87. The lowest BCUT2D eigenvalue weighted by Gasteiger charge is -2.35. The molecular formula is C21H29N3O4. The average Bonchev–Trinajstić information content (AvgIpc) is 3.46. The summed E-state index contributed by atoms with van der Waals surface area (Å²) in [6, 6.07) is 10.4. The molecule has 7 heteroatoms. The van der Waals surface area contributed by atoms with Gasteiger partial charge in [0.05, 0.1) is 6.61 Å². The predicted octanol–water partition coefficient (Wildman–Crippen LogP) is 1.81. The molecule has 0 spiro atoms. The lowest BCUT2D eigenvalue weighted by molar-refractivity contribution is -0.128. The van der Waals surface area contributed by atoms with Gasteiger partial charge in [0.2, 0.25) is 5.91 Å². The molecule has 1 aromatic carbocycles. The van der Waals surface area contributed by atoms with Crippen molar-refractivity contribution in [2.75, 3.05) is 26.3 Å². The Kier molecular flexibility index (Phi) is 5.82. The third kappa shape index (κ3) is 4.64. The summed E-state index contributed by atoms with van der Waals surface area (Å²) in [5.74, 6) is -0.161. The number of nitrogens with zero attached hydrogens (tertiary/aromatic N) is 1. The third-order valence-electron chi connectivity index (χ3n) is 5.94. The molecule has 0 bridgehead atoms. The van der Waals surface area contributed by atoms with E-state index >= 15 is 0 Å². The largest absolute Gasteiger partial charge is 0.445 e. The molecule has 1 aliphatic carbocycles. The van der Waals surface area contributed by atoms with Gasteiger partial charge in [0, 0.05) is 38.2 Å². The zero-order valence-electron chi connectivity index (χ0n) is 16.2. The van der Waals surface area contributed by atoms with Gasteiger partial charge >= 0.3 is 6.09 Å². The zero-order valence-corrected chi connectivity index (χ0v) is 16.2. The fourth-order valence-corrected chi connectivity index (χ4v) is 4.03. The maximum Gasteiger partial charge on any atom is 0.408 e. The number of nitrogens with one attached hydrogen (secondary N) is 2. The van der Waals surface area contributed by atoms with Crippen LogP contribution >= 0.6 is 0 Å². The number of hydrogen-bond acceptors (Lipinski definition) is 5. The minimum absolute atomic E-state index is 0.155. The van der Waals surface area contributed by atoms with Gasteiger partial charge < -0.3 is 25.0 Å². The first-order valence-electron chi connectivity index (χ1n) is 10.3. The molecule has 2 amide bonds. The van der Waals surface area contributed by atoms with Crippen molar-refractivity contribution >= 4 is 12.0 Å². The number of amides is 2. The second-order valence-corrected chi connectivity index (χ2v) is 8.09. The van der Waals surface area contributed by atoms with Gasteiger partial charge in [-0.3, -0.25) is 4.79 Å². The van der Waals surface area contributed by atoms with E-state index in [1.54, 1.807) is 0 Å². The van der Waals surface area contributed by atoms with Crippen molar-refractivity contribution in [1.82, 2.24) is 15.5 Å². The molecule has 2 saturated heterocycles. The van der Waals surface area contributed by atoms with Crippen LogP contribution in [0.25, 0.3) is 0 Å². The first kappa shape index (κ1) is 19.2. The van der Waals surface area contributed by atoms with Crippen LogP contribution in [0, 0.1) is 0 Å². The van der Waals surface area contributed by atoms with E-state index in [1.807, 2.05) is 30.3 Å².